The summed E-state index contributed by atoms with van der Waals surface area (Å²) in [5, 5.41) is 10.8. The second-order valence-corrected chi connectivity index (χ2v) is 5.89. The van der Waals surface area contributed by atoms with Crippen molar-refractivity contribution < 1.29 is 9.90 Å². The van der Waals surface area contributed by atoms with Gasteiger partial charge in [-0.1, -0.05) is 42.5 Å². The first-order chi connectivity index (χ1) is 9.69. The molecule has 1 aliphatic carbocycles. The Bertz CT molecular complexity index is 511. The van der Waals surface area contributed by atoms with Gasteiger partial charge in [0, 0.05) is 12.5 Å². The molecule has 20 heavy (non-hydrogen) atoms. The number of likely N-dealkylation sites (tertiary alicyclic amines) is 1. The second kappa shape index (κ2) is 5.41. The molecule has 1 fully saturated rings. The Morgan fingerprint density at radius 1 is 1.25 bits per heavy atom. The lowest BCUT2D eigenvalue weighted by molar-refractivity contribution is -0.135. The van der Waals surface area contributed by atoms with Crippen LogP contribution in [0.4, 0.5) is 0 Å². The van der Waals surface area contributed by atoms with Crippen LogP contribution in [-0.4, -0.2) is 29.0 Å². The first-order valence-corrected chi connectivity index (χ1v) is 7.41. The molecule has 1 aliphatic heterocycles. The van der Waals surface area contributed by atoms with E-state index in [1.165, 1.54) is 0 Å². The van der Waals surface area contributed by atoms with Crippen LogP contribution in [-0.2, 0) is 10.4 Å². The van der Waals surface area contributed by atoms with Crippen LogP contribution in [0.3, 0.4) is 0 Å². The van der Waals surface area contributed by atoms with Gasteiger partial charge in [-0.05, 0) is 31.2 Å². The molecule has 1 aromatic rings. The average molecular weight is 271 g/mol. The number of aliphatic hydroxyl groups is 1. The minimum Gasteiger partial charge on any atom is -0.383 e. The van der Waals surface area contributed by atoms with Crippen molar-refractivity contribution in [1.29, 1.82) is 0 Å². The molecule has 3 heteroatoms. The van der Waals surface area contributed by atoms with Crippen LogP contribution in [0, 0.1) is 5.92 Å². The van der Waals surface area contributed by atoms with Gasteiger partial charge < -0.3 is 10.0 Å². The van der Waals surface area contributed by atoms with Gasteiger partial charge in [0.05, 0.1) is 6.54 Å². The van der Waals surface area contributed by atoms with E-state index in [0.717, 1.165) is 24.8 Å². The highest BCUT2D eigenvalue weighted by atomic mass is 16.3. The van der Waals surface area contributed by atoms with Gasteiger partial charge in [-0.3, -0.25) is 4.79 Å². The molecule has 3 rings (SSSR count). The zero-order valence-corrected chi connectivity index (χ0v) is 11.7. The predicted octanol–water partition coefficient (Wildman–Crippen LogP) is 2.46. The quantitative estimate of drug-likeness (QED) is 0.839. The number of carbonyl (C=O) groups excluding carboxylic acids is 1. The van der Waals surface area contributed by atoms with E-state index in [4.69, 9.17) is 0 Å². The lowest BCUT2D eigenvalue weighted by Gasteiger charge is -2.27. The predicted molar refractivity (Wildman–Crippen MR) is 78.0 cm³/mol. The number of rotatable bonds is 2. The fourth-order valence-corrected chi connectivity index (χ4v) is 3.24. The number of hydrogen-bond acceptors (Lipinski definition) is 2. The summed E-state index contributed by atoms with van der Waals surface area (Å²) in [4.78, 5) is 14.3. The molecule has 106 valence electrons. The number of nitrogens with zero attached hydrogens (tertiary/aromatic N) is 1. The van der Waals surface area contributed by atoms with Crippen molar-refractivity contribution in [2.45, 2.75) is 31.3 Å². The normalized spacial score (nSPS) is 29.6. The third-order valence-corrected chi connectivity index (χ3v) is 4.49. The van der Waals surface area contributed by atoms with Crippen molar-refractivity contribution in [3.63, 3.8) is 0 Å². The van der Waals surface area contributed by atoms with Gasteiger partial charge in [0.2, 0.25) is 5.91 Å². The zero-order chi connectivity index (χ0) is 14.0. The number of benzene rings is 1. The van der Waals surface area contributed by atoms with Crippen molar-refractivity contribution in [2.75, 3.05) is 13.1 Å². The molecule has 2 atom stereocenters. The molecule has 0 unspecified atom stereocenters. The summed E-state index contributed by atoms with van der Waals surface area (Å²) in [5.41, 5.74) is 0.0420. The number of allylic oxidation sites excluding steroid dienone is 2. The highest BCUT2D eigenvalue weighted by Crippen LogP contribution is 2.33. The Morgan fingerprint density at radius 2 is 2.05 bits per heavy atom. The van der Waals surface area contributed by atoms with Crippen LogP contribution in [0.1, 0.15) is 31.2 Å². The molecule has 0 saturated carbocycles. The SMILES string of the molecule is O=C([C@H]1CC=CCC1)N1CC[C@](O)(c2ccccc2)C1. The van der Waals surface area contributed by atoms with Crippen LogP contribution in [0.15, 0.2) is 42.5 Å². The van der Waals surface area contributed by atoms with Gasteiger partial charge in [-0.15, -0.1) is 0 Å². The first-order valence-electron chi connectivity index (χ1n) is 7.41. The van der Waals surface area contributed by atoms with E-state index in [9.17, 15) is 9.90 Å². The fourth-order valence-electron chi connectivity index (χ4n) is 3.24. The van der Waals surface area contributed by atoms with Gasteiger partial charge in [0.1, 0.15) is 5.60 Å². The van der Waals surface area contributed by atoms with Crippen LogP contribution in [0.25, 0.3) is 0 Å². The van der Waals surface area contributed by atoms with Crippen molar-refractivity contribution in [2.24, 2.45) is 5.92 Å². The monoisotopic (exact) mass is 271 g/mol. The van der Waals surface area contributed by atoms with Gasteiger partial charge in [0.15, 0.2) is 0 Å². The van der Waals surface area contributed by atoms with Gasteiger partial charge in [-0.2, -0.15) is 0 Å². The van der Waals surface area contributed by atoms with E-state index >= 15 is 0 Å². The molecular formula is C17H21NO2. The summed E-state index contributed by atoms with van der Waals surface area (Å²) in [5.74, 6) is 0.319. The van der Waals surface area contributed by atoms with Crippen molar-refractivity contribution >= 4 is 5.91 Å². The van der Waals surface area contributed by atoms with E-state index in [2.05, 4.69) is 12.2 Å². The van der Waals surface area contributed by atoms with E-state index < -0.39 is 5.60 Å². The number of hydrogen-bond donors (Lipinski definition) is 1. The minimum atomic E-state index is -0.874. The Labute approximate surface area is 119 Å². The zero-order valence-electron chi connectivity index (χ0n) is 11.7. The van der Waals surface area contributed by atoms with Crippen LogP contribution in [0.5, 0.6) is 0 Å². The smallest absolute Gasteiger partial charge is 0.226 e. The first kappa shape index (κ1) is 13.4. The molecule has 0 aromatic heterocycles. The third-order valence-electron chi connectivity index (χ3n) is 4.49. The molecule has 2 aliphatic rings. The van der Waals surface area contributed by atoms with Gasteiger partial charge in [0.25, 0.3) is 0 Å². The van der Waals surface area contributed by atoms with Crippen LogP contribution >= 0.6 is 0 Å². The maximum atomic E-state index is 12.5. The summed E-state index contributed by atoms with van der Waals surface area (Å²) < 4.78 is 0. The number of amides is 1. The Hall–Kier alpha value is -1.61. The van der Waals surface area contributed by atoms with Crippen molar-refractivity contribution in [3.8, 4) is 0 Å². The summed E-state index contributed by atoms with van der Waals surface area (Å²) in [6.45, 7) is 1.08. The summed E-state index contributed by atoms with van der Waals surface area (Å²) in [6.07, 6.45) is 7.66. The summed E-state index contributed by atoms with van der Waals surface area (Å²) >= 11 is 0. The van der Waals surface area contributed by atoms with Crippen LogP contribution < -0.4 is 0 Å². The molecule has 0 radical (unpaired) electrons. The largest absolute Gasteiger partial charge is 0.383 e. The molecule has 3 nitrogen and oxygen atoms in total. The topological polar surface area (TPSA) is 40.5 Å². The molecule has 1 aromatic carbocycles. The van der Waals surface area contributed by atoms with Gasteiger partial charge >= 0.3 is 0 Å². The highest BCUT2D eigenvalue weighted by molar-refractivity contribution is 5.79. The molecule has 1 heterocycles. The molecule has 0 spiro atoms. The Balaban J connectivity index is 1.70. The molecule has 1 amide bonds. The molecule has 1 saturated heterocycles. The lowest BCUT2D eigenvalue weighted by atomic mass is 9.92. The van der Waals surface area contributed by atoms with Crippen LogP contribution in [0.2, 0.25) is 0 Å². The fraction of sp³-hybridized carbons (Fsp3) is 0.471. The second-order valence-electron chi connectivity index (χ2n) is 5.89. The maximum absolute atomic E-state index is 12.5. The number of β-amino-alcohol motifs (C(OH)–C–C–N with tert-alkyl or cyclic N) is 1. The van der Waals surface area contributed by atoms with E-state index in [-0.39, 0.29) is 11.8 Å². The summed E-state index contributed by atoms with van der Waals surface area (Å²) in [6, 6.07) is 9.70. The van der Waals surface area contributed by atoms with E-state index in [1.54, 1.807) is 0 Å². The summed E-state index contributed by atoms with van der Waals surface area (Å²) in [7, 11) is 0. The Kier molecular flexibility index (Phi) is 3.62. The maximum Gasteiger partial charge on any atom is 0.226 e. The standard InChI is InChI=1S/C17H21NO2/c19-16(14-7-3-1-4-8-14)18-12-11-17(20,13-18)15-9-5-2-6-10-15/h1-3,5-6,9-10,14,20H,4,7-8,11-13H2/t14-,17+/m0/s1. The van der Waals surface area contributed by atoms with E-state index in [0.29, 0.717) is 19.5 Å². The third kappa shape index (κ3) is 2.50. The number of carbonyl (C=O) groups is 1. The lowest BCUT2D eigenvalue weighted by Crippen LogP contribution is -2.38. The molecule has 1 N–H and O–H groups in total. The molecule has 0 bridgehead atoms. The minimum absolute atomic E-state index is 0.109. The average Bonchev–Trinajstić information content (AvgIpc) is 2.92. The van der Waals surface area contributed by atoms with E-state index in [1.807, 2.05) is 35.2 Å². The highest BCUT2D eigenvalue weighted by Gasteiger charge is 2.40. The molecular weight excluding hydrogens is 250 g/mol. The van der Waals surface area contributed by atoms with Gasteiger partial charge in [-0.25, -0.2) is 0 Å². The Morgan fingerprint density at radius 3 is 2.75 bits per heavy atom. The van der Waals surface area contributed by atoms with Crippen molar-refractivity contribution in [1.82, 2.24) is 4.90 Å². The van der Waals surface area contributed by atoms with Crippen molar-refractivity contribution in [3.05, 3.63) is 48.0 Å².